The summed E-state index contributed by atoms with van der Waals surface area (Å²) in [5, 5.41) is 0. The molecule has 4 nitrogen and oxygen atoms in total. The van der Waals surface area contributed by atoms with Gasteiger partial charge in [-0.2, -0.15) is 13.2 Å². The zero-order valence-electron chi connectivity index (χ0n) is 10.5. The maximum Gasteiger partial charge on any atom is 0.406 e. The van der Waals surface area contributed by atoms with E-state index in [2.05, 4.69) is 10.4 Å². The minimum atomic E-state index is -4.27. The van der Waals surface area contributed by atoms with Crippen molar-refractivity contribution in [2.75, 3.05) is 13.1 Å². The molecular weight excluding hydrogens is 233 g/mol. The van der Waals surface area contributed by atoms with E-state index >= 15 is 0 Å². The molecule has 0 amide bonds. The lowest BCUT2D eigenvalue weighted by Gasteiger charge is -2.30. The Kier molecular flexibility index (Phi) is 6.94. The lowest BCUT2D eigenvalue weighted by atomic mass is 10.3. The van der Waals surface area contributed by atoms with Crippen LogP contribution >= 0.6 is 0 Å². The standard InChI is InChI=1S/C10H21F3N4/c1-4-5-6-15-9(16-14)17(8(2)3)7-10(11,12)13/h8H,4-7,14H2,1-3H3,(H,15,16). The number of hydrazine groups is 1. The second-order valence-electron chi connectivity index (χ2n) is 4.04. The largest absolute Gasteiger partial charge is 0.406 e. The van der Waals surface area contributed by atoms with Crippen LogP contribution in [0.5, 0.6) is 0 Å². The van der Waals surface area contributed by atoms with Crippen molar-refractivity contribution in [1.82, 2.24) is 10.3 Å². The number of nitrogens with zero attached hydrogens (tertiary/aromatic N) is 2. The van der Waals surface area contributed by atoms with Gasteiger partial charge in [0, 0.05) is 12.6 Å². The highest BCUT2D eigenvalue weighted by molar-refractivity contribution is 5.79. The summed E-state index contributed by atoms with van der Waals surface area (Å²) in [4.78, 5) is 5.15. The third kappa shape index (κ3) is 7.04. The molecule has 102 valence electrons. The molecule has 0 aliphatic carbocycles. The van der Waals surface area contributed by atoms with E-state index < -0.39 is 12.7 Å². The molecule has 0 aliphatic rings. The molecular formula is C10H21F3N4. The number of hydrogen-bond acceptors (Lipinski definition) is 2. The zero-order valence-corrected chi connectivity index (χ0v) is 10.5. The van der Waals surface area contributed by atoms with Crippen LogP contribution in [0.4, 0.5) is 13.2 Å². The molecule has 0 heterocycles. The monoisotopic (exact) mass is 254 g/mol. The van der Waals surface area contributed by atoms with Crippen molar-refractivity contribution < 1.29 is 13.2 Å². The molecule has 17 heavy (non-hydrogen) atoms. The summed E-state index contributed by atoms with van der Waals surface area (Å²) in [5.41, 5.74) is 2.24. The summed E-state index contributed by atoms with van der Waals surface area (Å²) in [6, 6.07) is -0.326. The summed E-state index contributed by atoms with van der Waals surface area (Å²) in [5.74, 6) is 5.31. The van der Waals surface area contributed by atoms with Crippen molar-refractivity contribution in [3.8, 4) is 0 Å². The van der Waals surface area contributed by atoms with Gasteiger partial charge >= 0.3 is 6.18 Å². The third-order valence-electron chi connectivity index (χ3n) is 2.15. The molecule has 0 spiro atoms. The zero-order chi connectivity index (χ0) is 13.5. The average Bonchev–Trinajstić information content (AvgIpc) is 2.20. The lowest BCUT2D eigenvalue weighted by molar-refractivity contribution is -0.140. The van der Waals surface area contributed by atoms with E-state index in [-0.39, 0.29) is 12.0 Å². The second kappa shape index (κ2) is 7.37. The summed E-state index contributed by atoms with van der Waals surface area (Å²) in [6.45, 7) is 4.73. The van der Waals surface area contributed by atoms with Crippen molar-refractivity contribution in [2.24, 2.45) is 10.8 Å². The first-order valence-corrected chi connectivity index (χ1v) is 5.66. The minimum Gasteiger partial charge on any atom is -0.330 e. The third-order valence-corrected chi connectivity index (χ3v) is 2.15. The Morgan fingerprint density at radius 1 is 1.41 bits per heavy atom. The first kappa shape index (κ1) is 16.0. The number of nitrogens with one attached hydrogen (secondary N) is 1. The highest BCUT2D eigenvalue weighted by Crippen LogP contribution is 2.18. The first-order chi connectivity index (χ1) is 7.81. The van der Waals surface area contributed by atoms with E-state index in [9.17, 15) is 13.2 Å². The van der Waals surface area contributed by atoms with E-state index in [1.54, 1.807) is 13.8 Å². The second-order valence-corrected chi connectivity index (χ2v) is 4.04. The van der Waals surface area contributed by atoms with Gasteiger partial charge < -0.3 is 4.90 Å². The fourth-order valence-electron chi connectivity index (χ4n) is 1.26. The van der Waals surface area contributed by atoms with Crippen LogP contribution in [0.2, 0.25) is 0 Å². The number of halogens is 3. The van der Waals surface area contributed by atoms with E-state index in [0.29, 0.717) is 6.54 Å². The minimum absolute atomic E-state index is 0.0887. The summed E-state index contributed by atoms with van der Waals surface area (Å²) in [6.07, 6.45) is -2.52. The Morgan fingerprint density at radius 2 is 2.00 bits per heavy atom. The number of guanidine groups is 1. The van der Waals surface area contributed by atoms with Crippen molar-refractivity contribution in [3.05, 3.63) is 0 Å². The van der Waals surface area contributed by atoms with Crippen molar-refractivity contribution in [3.63, 3.8) is 0 Å². The molecule has 0 aromatic carbocycles. The molecule has 0 aromatic rings. The SMILES string of the molecule is CCCCN=C(NN)N(CC(F)(F)F)C(C)C. The van der Waals surface area contributed by atoms with Crippen LogP contribution in [-0.2, 0) is 0 Å². The Bertz CT molecular complexity index is 238. The number of nitrogens with two attached hydrogens (primary N) is 1. The number of rotatable bonds is 5. The van der Waals surface area contributed by atoms with Crippen LogP contribution < -0.4 is 11.3 Å². The summed E-state index contributed by atoms with van der Waals surface area (Å²) >= 11 is 0. The van der Waals surface area contributed by atoms with Gasteiger partial charge in [0.05, 0.1) is 0 Å². The Hall–Kier alpha value is -0.980. The van der Waals surface area contributed by atoms with Gasteiger partial charge in [-0.25, -0.2) is 5.84 Å². The predicted octanol–water partition coefficient (Wildman–Crippen LogP) is 1.88. The van der Waals surface area contributed by atoms with Crippen LogP contribution in [0.3, 0.4) is 0 Å². The van der Waals surface area contributed by atoms with E-state index in [1.807, 2.05) is 6.92 Å². The van der Waals surface area contributed by atoms with Crippen LogP contribution in [0.15, 0.2) is 4.99 Å². The summed E-state index contributed by atoms with van der Waals surface area (Å²) < 4.78 is 37.2. The fourth-order valence-corrected chi connectivity index (χ4v) is 1.26. The smallest absolute Gasteiger partial charge is 0.330 e. The Morgan fingerprint density at radius 3 is 2.35 bits per heavy atom. The van der Waals surface area contributed by atoms with Crippen LogP contribution in [0.25, 0.3) is 0 Å². The first-order valence-electron chi connectivity index (χ1n) is 5.66. The molecule has 0 bridgehead atoms. The number of alkyl halides is 3. The maximum absolute atomic E-state index is 12.4. The van der Waals surface area contributed by atoms with Crippen molar-refractivity contribution in [2.45, 2.75) is 45.8 Å². The van der Waals surface area contributed by atoms with E-state index in [1.165, 1.54) is 0 Å². The van der Waals surface area contributed by atoms with Gasteiger partial charge in [0.25, 0.3) is 0 Å². The Labute approximate surface area is 100 Å². The summed E-state index contributed by atoms with van der Waals surface area (Å²) in [7, 11) is 0. The normalized spacial score (nSPS) is 13.1. The predicted molar refractivity (Wildman–Crippen MR) is 62.4 cm³/mol. The van der Waals surface area contributed by atoms with Gasteiger partial charge in [0.1, 0.15) is 6.54 Å². The molecule has 0 fully saturated rings. The topological polar surface area (TPSA) is 53.6 Å². The van der Waals surface area contributed by atoms with Gasteiger partial charge in [-0.05, 0) is 20.3 Å². The maximum atomic E-state index is 12.4. The molecule has 0 saturated carbocycles. The number of hydrogen-bond donors (Lipinski definition) is 2. The van der Waals surface area contributed by atoms with E-state index in [4.69, 9.17) is 5.84 Å². The number of unbranched alkanes of at least 4 members (excludes halogenated alkanes) is 1. The molecule has 0 rings (SSSR count). The van der Waals surface area contributed by atoms with Crippen LogP contribution in [0.1, 0.15) is 33.6 Å². The average molecular weight is 254 g/mol. The molecule has 0 unspecified atom stereocenters. The van der Waals surface area contributed by atoms with Gasteiger partial charge in [-0.1, -0.05) is 13.3 Å². The highest BCUT2D eigenvalue weighted by Gasteiger charge is 2.33. The van der Waals surface area contributed by atoms with Crippen LogP contribution in [-0.4, -0.2) is 36.2 Å². The van der Waals surface area contributed by atoms with Gasteiger partial charge in [0.15, 0.2) is 0 Å². The van der Waals surface area contributed by atoms with Gasteiger partial charge in [0.2, 0.25) is 5.96 Å². The molecule has 0 atom stereocenters. The fraction of sp³-hybridized carbons (Fsp3) is 0.900. The molecule has 0 aliphatic heterocycles. The molecule has 7 heteroatoms. The quantitative estimate of drug-likeness (QED) is 0.259. The van der Waals surface area contributed by atoms with Gasteiger partial charge in [-0.15, -0.1) is 0 Å². The lowest BCUT2D eigenvalue weighted by Crippen LogP contribution is -2.51. The Balaban J connectivity index is 4.69. The molecule has 0 saturated heterocycles. The molecule has 0 radical (unpaired) electrons. The molecule has 3 N–H and O–H groups in total. The van der Waals surface area contributed by atoms with Gasteiger partial charge in [-0.3, -0.25) is 10.4 Å². The van der Waals surface area contributed by atoms with Crippen LogP contribution in [0, 0.1) is 0 Å². The highest BCUT2D eigenvalue weighted by atomic mass is 19.4. The van der Waals surface area contributed by atoms with Crippen molar-refractivity contribution in [1.29, 1.82) is 0 Å². The molecule has 0 aromatic heterocycles. The number of aliphatic imine (C=N–C) groups is 1. The van der Waals surface area contributed by atoms with E-state index in [0.717, 1.165) is 17.7 Å². The van der Waals surface area contributed by atoms with Crippen molar-refractivity contribution >= 4 is 5.96 Å².